The molecule has 1 saturated heterocycles. The van der Waals surface area contributed by atoms with E-state index >= 15 is 0 Å². The fourth-order valence-corrected chi connectivity index (χ4v) is 2.50. The first-order valence-corrected chi connectivity index (χ1v) is 7.32. The lowest BCUT2D eigenvalue weighted by Gasteiger charge is -2.30. The third kappa shape index (κ3) is 3.19. The van der Waals surface area contributed by atoms with Crippen LogP contribution in [0, 0.1) is 0 Å². The van der Waals surface area contributed by atoms with E-state index in [9.17, 15) is 4.79 Å². The molecular weight excluding hydrogens is 268 g/mol. The van der Waals surface area contributed by atoms with E-state index in [4.69, 9.17) is 9.47 Å². The number of methoxy groups -OCH3 is 1. The minimum Gasteiger partial charge on any atom is -0.494 e. The van der Waals surface area contributed by atoms with Crippen molar-refractivity contribution in [2.75, 3.05) is 33.4 Å². The Hall–Kier alpha value is -2.01. The normalized spacial score (nSPS) is 14.9. The molecule has 1 aliphatic rings. The van der Waals surface area contributed by atoms with E-state index < -0.39 is 0 Å². The zero-order valence-electron chi connectivity index (χ0n) is 12.2. The van der Waals surface area contributed by atoms with Gasteiger partial charge in [0, 0.05) is 17.4 Å². The Morgan fingerprint density at radius 2 is 2.19 bits per heavy atom. The van der Waals surface area contributed by atoms with Gasteiger partial charge in [-0.05, 0) is 50.2 Å². The zero-order chi connectivity index (χ0) is 14.7. The van der Waals surface area contributed by atoms with Gasteiger partial charge in [-0.3, -0.25) is 0 Å². The summed E-state index contributed by atoms with van der Waals surface area (Å²) >= 11 is 0. The van der Waals surface area contributed by atoms with E-state index in [1.54, 1.807) is 6.07 Å². The minimum atomic E-state index is -0.358. The second-order valence-corrected chi connectivity index (χ2v) is 5.32. The maximum Gasteiger partial charge on any atom is 0.354 e. The molecule has 0 unspecified atom stereocenters. The lowest BCUT2D eigenvalue weighted by molar-refractivity contribution is 0.0595. The van der Waals surface area contributed by atoms with Crippen molar-refractivity contribution in [3.8, 4) is 5.75 Å². The molecule has 1 N–H and O–H groups in total. The number of hydrogen-bond donors (Lipinski definition) is 1. The average molecular weight is 288 g/mol. The molecule has 0 saturated carbocycles. The fraction of sp³-hybridized carbons (Fsp3) is 0.438. The first-order chi connectivity index (χ1) is 10.3. The van der Waals surface area contributed by atoms with Gasteiger partial charge in [-0.2, -0.15) is 0 Å². The van der Waals surface area contributed by atoms with Crippen LogP contribution in [-0.2, 0) is 4.74 Å². The molecule has 0 bridgehead atoms. The molecule has 1 fully saturated rings. The predicted octanol–water partition coefficient (Wildman–Crippen LogP) is 2.43. The summed E-state index contributed by atoms with van der Waals surface area (Å²) < 4.78 is 10.5. The molecule has 1 aromatic carbocycles. The van der Waals surface area contributed by atoms with Crippen LogP contribution >= 0.6 is 0 Å². The highest BCUT2D eigenvalue weighted by Gasteiger charge is 2.12. The summed E-state index contributed by atoms with van der Waals surface area (Å²) in [4.78, 5) is 17.0. The summed E-state index contributed by atoms with van der Waals surface area (Å²) in [7, 11) is 1.38. The molecule has 0 radical (unpaired) electrons. The van der Waals surface area contributed by atoms with Crippen LogP contribution in [0.1, 0.15) is 23.3 Å². The maximum absolute atomic E-state index is 11.5. The largest absolute Gasteiger partial charge is 0.494 e. The zero-order valence-corrected chi connectivity index (χ0v) is 12.2. The Morgan fingerprint density at radius 3 is 2.90 bits per heavy atom. The summed E-state index contributed by atoms with van der Waals surface area (Å²) in [6.45, 7) is 4.28. The standard InChI is InChI=1S/C16H20N2O3/c1-20-16(19)15-11-12-10-13(4-5-14(12)17-15)21-9-3-8-18-6-2-7-18/h4-5,10-11,17H,2-3,6-9H2,1H3. The Morgan fingerprint density at radius 1 is 1.33 bits per heavy atom. The van der Waals surface area contributed by atoms with Gasteiger partial charge in [-0.1, -0.05) is 0 Å². The summed E-state index contributed by atoms with van der Waals surface area (Å²) in [6.07, 6.45) is 2.37. The molecule has 0 atom stereocenters. The van der Waals surface area contributed by atoms with Crippen LogP contribution in [0.3, 0.4) is 0 Å². The number of fused-ring (bicyclic) bond motifs is 1. The number of carbonyl (C=O) groups is 1. The first kappa shape index (κ1) is 13.9. The quantitative estimate of drug-likeness (QED) is 0.655. The number of nitrogens with one attached hydrogen (secondary N) is 1. The Labute approximate surface area is 123 Å². The second-order valence-electron chi connectivity index (χ2n) is 5.32. The molecule has 0 spiro atoms. The van der Waals surface area contributed by atoms with Crippen LogP contribution in [0.25, 0.3) is 10.9 Å². The molecule has 1 aromatic heterocycles. The summed E-state index contributed by atoms with van der Waals surface area (Å²) in [5.41, 5.74) is 1.37. The van der Waals surface area contributed by atoms with E-state index in [1.807, 2.05) is 18.2 Å². The smallest absolute Gasteiger partial charge is 0.354 e. The summed E-state index contributed by atoms with van der Waals surface area (Å²) in [5, 5.41) is 0.954. The van der Waals surface area contributed by atoms with Gasteiger partial charge < -0.3 is 19.4 Å². The third-order valence-corrected chi connectivity index (χ3v) is 3.83. The molecule has 3 rings (SSSR count). The number of carbonyl (C=O) groups excluding carboxylic acids is 1. The van der Waals surface area contributed by atoms with E-state index in [-0.39, 0.29) is 5.97 Å². The van der Waals surface area contributed by atoms with Crippen molar-refractivity contribution in [3.63, 3.8) is 0 Å². The van der Waals surface area contributed by atoms with E-state index in [0.717, 1.165) is 36.2 Å². The van der Waals surface area contributed by atoms with Gasteiger partial charge >= 0.3 is 5.97 Å². The molecule has 21 heavy (non-hydrogen) atoms. The highest BCUT2D eigenvalue weighted by molar-refractivity contribution is 5.95. The molecule has 0 amide bonds. The number of ether oxygens (including phenoxy) is 2. The van der Waals surface area contributed by atoms with Crippen LogP contribution in [0.2, 0.25) is 0 Å². The number of H-pyrrole nitrogens is 1. The van der Waals surface area contributed by atoms with Gasteiger partial charge in [0.1, 0.15) is 11.4 Å². The maximum atomic E-state index is 11.5. The SMILES string of the molecule is COC(=O)c1cc2cc(OCCCN3CCC3)ccc2[nH]1. The summed E-state index contributed by atoms with van der Waals surface area (Å²) in [5.74, 6) is 0.477. The number of nitrogens with zero attached hydrogens (tertiary/aromatic N) is 1. The second kappa shape index (κ2) is 6.18. The molecule has 112 valence electrons. The van der Waals surface area contributed by atoms with E-state index in [0.29, 0.717) is 5.69 Å². The number of aromatic amines is 1. The Bertz CT molecular complexity index is 631. The number of aromatic nitrogens is 1. The fourth-order valence-electron chi connectivity index (χ4n) is 2.50. The predicted molar refractivity (Wildman–Crippen MR) is 80.8 cm³/mol. The molecular formula is C16H20N2O3. The van der Waals surface area contributed by atoms with Crippen LogP contribution in [0.5, 0.6) is 5.75 Å². The molecule has 5 nitrogen and oxygen atoms in total. The molecule has 2 heterocycles. The van der Waals surface area contributed by atoms with Gasteiger partial charge in [0.25, 0.3) is 0 Å². The van der Waals surface area contributed by atoms with Crippen molar-refractivity contribution in [3.05, 3.63) is 30.0 Å². The van der Waals surface area contributed by atoms with Crippen LogP contribution in [0.15, 0.2) is 24.3 Å². The van der Waals surface area contributed by atoms with Crippen LogP contribution in [0.4, 0.5) is 0 Å². The van der Waals surface area contributed by atoms with E-state index in [1.165, 1.54) is 26.6 Å². The summed E-state index contributed by atoms with van der Waals surface area (Å²) in [6, 6.07) is 7.58. The van der Waals surface area contributed by atoms with Crippen LogP contribution < -0.4 is 4.74 Å². The highest BCUT2D eigenvalue weighted by atomic mass is 16.5. The van der Waals surface area contributed by atoms with E-state index in [2.05, 4.69) is 9.88 Å². The number of hydrogen-bond acceptors (Lipinski definition) is 4. The monoisotopic (exact) mass is 288 g/mol. The van der Waals surface area contributed by atoms with Crippen LogP contribution in [-0.4, -0.2) is 49.2 Å². The van der Waals surface area contributed by atoms with Gasteiger partial charge in [0.05, 0.1) is 13.7 Å². The van der Waals surface area contributed by atoms with Crippen molar-refractivity contribution in [1.82, 2.24) is 9.88 Å². The number of benzene rings is 1. The highest BCUT2D eigenvalue weighted by Crippen LogP contribution is 2.22. The first-order valence-electron chi connectivity index (χ1n) is 7.32. The van der Waals surface area contributed by atoms with Gasteiger partial charge in [-0.25, -0.2) is 4.79 Å². The van der Waals surface area contributed by atoms with Gasteiger partial charge in [0.2, 0.25) is 0 Å². The lowest BCUT2D eigenvalue weighted by atomic mass is 10.2. The van der Waals surface area contributed by atoms with Crippen molar-refractivity contribution in [1.29, 1.82) is 0 Å². The third-order valence-electron chi connectivity index (χ3n) is 3.83. The molecule has 5 heteroatoms. The Kier molecular flexibility index (Phi) is 4.10. The lowest BCUT2D eigenvalue weighted by Crippen LogP contribution is -2.38. The minimum absolute atomic E-state index is 0.358. The van der Waals surface area contributed by atoms with Crippen molar-refractivity contribution in [2.24, 2.45) is 0 Å². The van der Waals surface area contributed by atoms with Crippen molar-refractivity contribution in [2.45, 2.75) is 12.8 Å². The van der Waals surface area contributed by atoms with Crippen molar-refractivity contribution < 1.29 is 14.3 Å². The molecule has 1 aliphatic heterocycles. The number of likely N-dealkylation sites (tertiary alicyclic amines) is 1. The number of esters is 1. The molecule has 0 aliphatic carbocycles. The van der Waals surface area contributed by atoms with Gasteiger partial charge in [0.15, 0.2) is 0 Å². The average Bonchev–Trinajstić information content (AvgIpc) is 2.87. The van der Waals surface area contributed by atoms with Gasteiger partial charge in [-0.15, -0.1) is 0 Å². The number of rotatable bonds is 6. The topological polar surface area (TPSA) is 54.6 Å². The Balaban J connectivity index is 1.59. The molecule has 2 aromatic rings. The van der Waals surface area contributed by atoms with Crippen molar-refractivity contribution >= 4 is 16.9 Å².